The van der Waals surface area contributed by atoms with Gasteiger partial charge in [0.15, 0.2) is 0 Å². The number of nitrogen functional groups attached to an aromatic ring is 1. The normalized spacial score (nSPS) is 15.3. The van der Waals surface area contributed by atoms with E-state index < -0.39 is 5.91 Å². The minimum Gasteiger partial charge on any atom is -0.396 e. The van der Waals surface area contributed by atoms with Crippen LogP contribution in [0.15, 0.2) is 4.90 Å². The average molecular weight is 243 g/mol. The predicted octanol–water partition coefficient (Wildman–Crippen LogP) is 1.73. The van der Waals surface area contributed by atoms with Crippen molar-refractivity contribution in [2.75, 3.05) is 17.3 Å². The molecule has 1 amide bonds. The van der Waals surface area contributed by atoms with Gasteiger partial charge in [-0.25, -0.2) is 0 Å². The summed E-state index contributed by atoms with van der Waals surface area (Å²) in [6.07, 6.45) is 4.33. The lowest BCUT2D eigenvalue weighted by atomic mass is 10.4. The van der Waals surface area contributed by atoms with Crippen LogP contribution in [0.1, 0.15) is 22.5 Å². The summed E-state index contributed by atoms with van der Waals surface area (Å²) in [6, 6.07) is 0.551. The third-order valence-electron chi connectivity index (χ3n) is 2.24. The largest absolute Gasteiger partial charge is 0.396 e. The summed E-state index contributed by atoms with van der Waals surface area (Å²) in [4.78, 5) is 12.5. The van der Waals surface area contributed by atoms with Crippen LogP contribution in [0.5, 0.6) is 0 Å². The van der Waals surface area contributed by atoms with Gasteiger partial charge in [-0.2, -0.15) is 0 Å². The molecule has 1 heterocycles. The molecule has 2 rings (SSSR count). The van der Waals surface area contributed by atoms with E-state index in [1.165, 1.54) is 24.2 Å². The molecular weight excluding hydrogens is 230 g/mol. The van der Waals surface area contributed by atoms with Crippen molar-refractivity contribution >= 4 is 39.7 Å². The Morgan fingerprint density at radius 1 is 1.60 bits per heavy atom. The maximum absolute atomic E-state index is 11.1. The van der Waals surface area contributed by atoms with Crippen molar-refractivity contribution in [2.45, 2.75) is 23.8 Å². The number of hydrogen-bond acceptors (Lipinski definition) is 5. The van der Waals surface area contributed by atoms with Gasteiger partial charge in [-0.3, -0.25) is 4.79 Å². The molecule has 82 valence electrons. The Balaban J connectivity index is 2.34. The minimum atomic E-state index is -0.448. The van der Waals surface area contributed by atoms with Crippen molar-refractivity contribution in [3.63, 3.8) is 0 Å². The third kappa shape index (κ3) is 2.05. The van der Waals surface area contributed by atoms with Crippen molar-refractivity contribution in [2.24, 2.45) is 5.73 Å². The van der Waals surface area contributed by atoms with Crippen molar-refractivity contribution < 1.29 is 4.79 Å². The average Bonchev–Trinajstić information content (AvgIpc) is 2.91. The van der Waals surface area contributed by atoms with E-state index in [0.717, 1.165) is 9.90 Å². The number of nitrogens with one attached hydrogen (secondary N) is 1. The summed E-state index contributed by atoms with van der Waals surface area (Å²) < 4.78 is 0. The second kappa shape index (κ2) is 3.94. The lowest BCUT2D eigenvalue weighted by Crippen LogP contribution is -2.10. The number of thiophene rings is 1. The van der Waals surface area contributed by atoms with Gasteiger partial charge in [0.05, 0.1) is 10.6 Å². The Bertz CT molecular complexity index is 398. The highest BCUT2D eigenvalue weighted by molar-refractivity contribution is 7.99. The van der Waals surface area contributed by atoms with E-state index in [4.69, 9.17) is 11.5 Å². The number of primary amides is 1. The molecule has 1 fully saturated rings. The molecule has 0 bridgehead atoms. The molecule has 1 aromatic rings. The molecule has 0 radical (unpaired) electrons. The van der Waals surface area contributed by atoms with Crippen molar-refractivity contribution in [3.05, 3.63) is 4.88 Å². The number of rotatable bonds is 4. The first-order valence-electron chi connectivity index (χ1n) is 4.66. The highest BCUT2D eigenvalue weighted by Crippen LogP contribution is 2.43. The summed E-state index contributed by atoms with van der Waals surface area (Å²) in [7, 11) is 0. The lowest BCUT2D eigenvalue weighted by molar-refractivity contribution is 0.100. The summed E-state index contributed by atoms with van der Waals surface area (Å²) in [6.45, 7) is 0. The molecule has 1 aliphatic rings. The van der Waals surface area contributed by atoms with Gasteiger partial charge in [-0.05, 0) is 19.1 Å². The fourth-order valence-corrected chi connectivity index (χ4v) is 3.27. The molecule has 0 unspecified atom stereocenters. The maximum Gasteiger partial charge on any atom is 0.261 e. The highest BCUT2D eigenvalue weighted by atomic mass is 32.2. The molecule has 1 saturated carbocycles. The number of anilines is 2. The Morgan fingerprint density at radius 2 is 2.27 bits per heavy atom. The van der Waals surface area contributed by atoms with Crippen molar-refractivity contribution in [1.82, 2.24) is 0 Å². The molecular formula is C9H13N3OS2. The molecule has 1 aliphatic carbocycles. The zero-order valence-electron chi connectivity index (χ0n) is 8.37. The van der Waals surface area contributed by atoms with E-state index in [2.05, 4.69) is 5.32 Å². The predicted molar refractivity (Wildman–Crippen MR) is 65.7 cm³/mol. The first-order chi connectivity index (χ1) is 7.13. The van der Waals surface area contributed by atoms with E-state index in [0.29, 0.717) is 16.6 Å². The summed E-state index contributed by atoms with van der Waals surface area (Å²) in [5, 5.41) is 4.34. The van der Waals surface area contributed by atoms with Gasteiger partial charge < -0.3 is 16.8 Å². The Hall–Kier alpha value is -0.880. The van der Waals surface area contributed by atoms with Crippen LogP contribution in [0.2, 0.25) is 0 Å². The molecule has 1 aromatic heterocycles. The molecule has 0 atom stereocenters. The molecule has 0 aromatic carbocycles. The van der Waals surface area contributed by atoms with Gasteiger partial charge in [-0.15, -0.1) is 23.1 Å². The van der Waals surface area contributed by atoms with Gasteiger partial charge in [-0.1, -0.05) is 0 Å². The summed E-state index contributed by atoms with van der Waals surface area (Å²) in [5.41, 5.74) is 11.6. The summed E-state index contributed by atoms with van der Waals surface area (Å²) in [5.74, 6) is -0.448. The van der Waals surface area contributed by atoms with Crippen LogP contribution in [0.25, 0.3) is 0 Å². The van der Waals surface area contributed by atoms with Crippen molar-refractivity contribution in [1.29, 1.82) is 0 Å². The van der Waals surface area contributed by atoms with E-state index in [9.17, 15) is 4.79 Å². The molecule has 0 aliphatic heterocycles. The zero-order chi connectivity index (χ0) is 11.0. The van der Waals surface area contributed by atoms with Crippen LogP contribution in [0.3, 0.4) is 0 Å². The topological polar surface area (TPSA) is 81.1 Å². The number of nitrogens with two attached hydrogens (primary N) is 2. The van der Waals surface area contributed by atoms with Gasteiger partial charge in [0.1, 0.15) is 9.88 Å². The summed E-state index contributed by atoms with van der Waals surface area (Å²) >= 11 is 2.90. The molecule has 4 nitrogen and oxygen atoms in total. The van der Waals surface area contributed by atoms with E-state index >= 15 is 0 Å². The lowest BCUT2D eigenvalue weighted by Gasteiger charge is -2.03. The number of amides is 1. The fraction of sp³-hybridized carbons (Fsp3) is 0.444. The standard InChI is InChI=1S/C9H13N3OS2/c1-14-7-5(10)6(8(11)13)15-9(7)12-4-2-3-4/h4,12H,2-3,10H2,1H3,(H2,11,13). The number of hydrogen-bond donors (Lipinski definition) is 3. The molecule has 5 N–H and O–H groups in total. The van der Waals surface area contributed by atoms with Crippen LogP contribution in [-0.4, -0.2) is 18.2 Å². The van der Waals surface area contributed by atoms with Crippen LogP contribution in [0, 0.1) is 0 Å². The van der Waals surface area contributed by atoms with Crippen LogP contribution >= 0.6 is 23.1 Å². The first-order valence-corrected chi connectivity index (χ1v) is 6.70. The number of carbonyl (C=O) groups excluding carboxylic acids is 1. The second-order valence-corrected chi connectivity index (χ2v) is 5.33. The van der Waals surface area contributed by atoms with Crippen LogP contribution in [0.4, 0.5) is 10.7 Å². The SMILES string of the molecule is CSc1c(NC2CC2)sc(C(N)=O)c1N. The third-order valence-corrected chi connectivity index (χ3v) is 4.35. The minimum absolute atomic E-state index is 0.448. The molecule has 0 saturated heterocycles. The van der Waals surface area contributed by atoms with Crippen molar-refractivity contribution in [3.8, 4) is 0 Å². The van der Waals surface area contributed by atoms with E-state index in [1.54, 1.807) is 11.8 Å². The zero-order valence-corrected chi connectivity index (χ0v) is 10.0. The Kier molecular flexibility index (Phi) is 2.79. The van der Waals surface area contributed by atoms with Crippen LogP contribution in [-0.2, 0) is 0 Å². The molecule has 0 spiro atoms. The second-order valence-electron chi connectivity index (χ2n) is 3.49. The number of carbonyl (C=O) groups is 1. The molecule has 15 heavy (non-hydrogen) atoms. The quantitative estimate of drug-likeness (QED) is 0.703. The number of thioether (sulfide) groups is 1. The van der Waals surface area contributed by atoms with Gasteiger partial charge >= 0.3 is 0 Å². The monoisotopic (exact) mass is 243 g/mol. The van der Waals surface area contributed by atoms with Crippen LogP contribution < -0.4 is 16.8 Å². The highest BCUT2D eigenvalue weighted by Gasteiger charge is 2.25. The van der Waals surface area contributed by atoms with E-state index in [-0.39, 0.29) is 0 Å². The first kappa shape index (κ1) is 10.6. The Morgan fingerprint density at radius 3 is 2.73 bits per heavy atom. The van der Waals surface area contributed by atoms with Gasteiger partial charge in [0.2, 0.25) is 0 Å². The molecule has 6 heteroatoms. The van der Waals surface area contributed by atoms with E-state index in [1.807, 2.05) is 6.26 Å². The fourth-order valence-electron chi connectivity index (χ4n) is 1.32. The smallest absolute Gasteiger partial charge is 0.261 e. The van der Waals surface area contributed by atoms with Gasteiger partial charge in [0, 0.05) is 6.04 Å². The maximum atomic E-state index is 11.1. The van der Waals surface area contributed by atoms with Gasteiger partial charge in [0.25, 0.3) is 5.91 Å². The Labute approximate surface area is 96.4 Å².